The third-order valence-corrected chi connectivity index (χ3v) is 4.40. The average molecular weight is 275 g/mol. The van der Waals surface area contributed by atoms with Gasteiger partial charge >= 0.3 is 0 Å². The van der Waals surface area contributed by atoms with E-state index in [0.29, 0.717) is 5.92 Å². The van der Waals surface area contributed by atoms with Crippen molar-refractivity contribution in [2.24, 2.45) is 5.92 Å². The van der Waals surface area contributed by atoms with Crippen molar-refractivity contribution in [2.75, 3.05) is 26.2 Å². The van der Waals surface area contributed by atoms with Crippen molar-refractivity contribution in [1.82, 2.24) is 15.2 Å². The zero-order valence-corrected chi connectivity index (χ0v) is 11.6. The molecule has 0 saturated carbocycles. The summed E-state index contributed by atoms with van der Waals surface area (Å²) >= 11 is 0. The molecule has 1 saturated heterocycles. The zero-order valence-electron chi connectivity index (χ0n) is 11.6. The van der Waals surface area contributed by atoms with E-state index in [1.54, 1.807) is 6.20 Å². The van der Waals surface area contributed by atoms with Gasteiger partial charge in [0.05, 0.1) is 5.56 Å². The van der Waals surface area contributed by atoms with E-state index >= 15 is 0 Å². The Kier molecular flexibility index (Phi) is 3.98. The molecule has 20 heavy (non-hydrogen) atoms. The Morgan fingerprint density at radius 3 is 2.95 bits per heavy atom. The summed E-state index contributed by atoms with van der Waals surface area (Å²) in [5, 5.41) is 12.5. The molecule has 2 aliphatic heterocycles. The van der Waals surface area contributed by atoms with Crippen LogP contribution in [0.4, 0.5) is 0 Å². The van der Waals surface area contributed by atoms with E-state index in [1.807, 2.05) is 11.1 Å². The lowest BCUT2D eigenvalue weighted by molar-refractivity contribution is 0.0649. The Bertz CT molecular complexity index is 496. The Morgan fingerprint density at radius 2 is 2.20 bits per heavy atom. The number of nitrogens with one attached hydrogen (secondary N) is 1. The van der Waals surface area contributed by atoms with Crippen molar-refractivity contribution in [3.63, 3.8) is 0 Å². The Balaban J connectivity index is 1.78. The minimum Gasteiger partial charge on any atom is -0.396 e. The lowest BCUT2D eigenvalue weighted by Crippen LogP contribution is -2.40. The molecule has 3 heterocycles. The summed E-state index contributed by atoms with van der Waals surface area (Å²) in [6.07, 6.45) is 6.26. The number of carbonyl (C=O) groups is 1. The Labute approximate surface area is 119 Å². The second kappa shape index (κ2) is 5.89. The van der Waals surface area contributed by atoms with Crippen LogP contribution in [-0.4, -0.2) is 47.1 Å². The van der Waals surface area contributed by atoms with Gasteiger partial charge in [0.2, 0.25) is 0 Å². The first-order valence-electron chi connectivity index (χ1n) is 7.36. The molecular weight excluding hydrogens is 254 g/mol. The van der Waals surface area contributed by atoms with Crippen LogP contribution < -0.4 is 5.32 Å². The first kappa shape index (κ1) is 13.5. The van der Waals surface area contributed by atoms with Crippen LogP contribution >= 0.6 is 0 Å². The van der Waals surface area contributed by atoms with E-state index in [4.69, 9.17) is 0 Å². The quantitative estimate of drug-likeness (QED) is 0.828. The average Bonchev–Trinajstić information content (AvgIpc) is 2.54. The van der Waals surface area contributed by atoms with Gasteiger partial charge in [-0.05, 0) is 42.9 Å². The number of likely N-dealkylation sites (tertiary alicyclic amines) is 1. The van der Waals surface area contributed by atoms with E-state index in [-0.39, 0.29) is 12.5 Å². The number of hydrogen-bond acceptors (Lipinski definition) is 4. The molecule has 0 aromatic carbocycles. The maximum absolute atomic E-state index is 12.7. The normalized spacial score (nSPS) is 19.8. The van der Waals surface area contributed by atoms with Crippen LogP contribution in [0.25, 0.3) is 0 Å². The summed E-state index contributed by atoms with van der Waals surface area (Å²) in [5.41, 5.74) is 3.08. The number of piperidine rings is 1. The predicted molar refractivity (Wildman–Crippen MR) is 75.4 cm³/mol. The smallest absolute Gasteiger partial charge is 0.255 e. The van der Waals surface area contributed by atoms with Gasteiger partial charge in [-0.1, -0.05) is 0 Å². The van der Waals surface area contributed by atoms with Gasteiger partial charge in [0.25, 0.3) is 5.91 Å². The van der Waals surface area contributed by atoms with E-state index in [0.717, 1.165) is 62.1 Å². The topological polar surface area (TPSA) is 65.5 Å². The molecule has 0 aliphatic carbocycles. The number of aliphatic hydroxyl groups is 1. The summed E-state index contributed by atoms with van der Waals surface area (Å²) in [6.45, 7) is 3.44. The first-order valence-corrected chi connectivity index (χ1v) is 7.36. The molecule has 108 valence electrons. The number of rotatable bonds is 2. The Morgan fingerprint density at radius 1 is 1.40 bits per heavy atom. The van der Waals surface area contributed by atoms with E-state index in [1.165, 1.54) is 0 Å². The highest BCUT2D eigenvalue weighted by Gasteiger charge is 2.26. The molecule has 0 spiro atoms. The number of amides is 1. The van der Waals surface area contributed by atoms with E-state index < -0.39 is 0 Å². The number of carbonyl (C=O) groups excluding carboxylic acids is 1. The zero-order chi connectivity index (χ0) is 13.9. The van der Waals surface area contributed by atoms with Gasteiger partial charge in [-0.25, -0.2) is 0 Å². The lowest BCUT2D eigenvalue weighted by atomic mass is 9.95. The molecule has 3 rings (SSSR count). The summed E-state index contributed by atoms with van der Waals surface area (Å²) < 4.78 is 0. The van der Waals surface area contributed by atoms with Gasteiger partial charge in [0.1, 0.15) is 0 Å². The summed E-state index contributed by atoms with van der Waals surface area (Å²) in [6, 6.07) is 0. The standard InChI is InChI=1S/C15H21N3O2/c19-10-11-2-5-18(6-3-11)15(20)14-9-17-8-12-7-16-4-1-13(12)14/h8-9,11,16,19H,1-7,10H2. The molecule has 0 unspecified atom stereocenters. The highest BCUT2D eigenvalue weighted by molar-refractivity contribution is 5.95. The minimum absolute atomic E-state index is 0.104. The van der Waals surface area contributed by atoms with Crippen LogP contribution in [-0.2, 0) is 13.0 Å². The summed E-state index contributed by atoms with van der Waals surface area (Å²) in [4.78, 5) is 18.8. The van der Waals surface area contributed by atoms with Crippen molar-refractivity contribution in [3.8, 4) is 0 Å². The summed E-state index contributed by atoms with van der Waals surface area (Å²) in [7, 11) is 0. The maximum Gasteiger partial charge on any atom is 0.255 e. The fraction of sp³-hybridized carbons (Fsp3) is 0.600. The van der Waals surface area contributed by atoms with Gasteiger partial charge in [-0.15, -0.1) is 0 Å². The van der Waals surface area contributed by atoms with Crippen molar-refractivity contribution in [3.05, 3.63) is 29.1 Å². The van der Waals surface area contributed by atoms with E-state index in [2.05, 4.69) is 10.3 Å². The maximum atomic E-state index is 12.7. The predicted octanol–water partition coefficient (Wildman–Crippen LogP) is 0.572. The molecule has 0 bridgehead atoms. The molecule has 1 aromatic heterocycles. The largest absolute Gasteiger partial charge is 0.396 e. The SMILES string of the molecule is O=C(c1cncc2c1CCNC2)N1CCC(CO)CC1. The molecule has 5 nitrogen and oxygen atoms in total. The first-order chi connectivity index (χ1) is 9.79. The number of aliphatic hydroxyl groups excluding tert-OH is 1. The number of pyridine rings is 1. The van der Waals surface area contributed by atoms with Gasteiger partial charge in [-0.2, -0.15) is 0 Å². The number of fused-ring (bicyclic) bond motifs is 1. The number of hydrogen-bond donors (Lipinski definition) is 2. The molecule has 2 aliphatic rings. The van der Waals surface area contributed by atoms with Crippen molar-refractivity contribution in [1.29, 1.82) is 0 Å². The van der Waals surface area contributed by atoms with Crippen LogP contribution in [0.2, 0.25) is 0 Å². The van der Waals surface area contributed by atoms with Crippen LogP contribution in [0.3, 0.4) is 0 Å². The highest BCUT2D eigenvalue weighted by Crippen LogP contribution is 2.22. The van der Waals surface area contributed by atoms with Gasteiger partial charge < -0.3 is 15.3 Å². The highest BCUT2D eigenvalue weighted by atomic mass is 16.3. The Hall–Kier alpha value is -1.46. The van der Waals surface area contributed by atoms with E-state index in [9.17, 15) is 9.90 Å². The number of nitrogens with zero attached hydrogens (tertiary/aromatic N) is 2. The van der Waals surface area contributed by atoms with Crippen molar-refractivity contribution < 1.29 is 9.90 Å². The van der Waals surface area contributed by atoms with Crippen molar-refractivity contribution >= 4 is 5.91 Å². The van der Waals surface area contributed by atoms with Gasteiger partial charge in [0, 0.05) is 38.6 Å². The molecule has 0 radical (unpaired) electrons. The van der Waals surface area contributed by atoms with Crippen LogP contribution in [0.1, 0.15) is 34.3 Å². The fourth-order valence-electron chi connectivity index (χ4n) is 3.09. The molecule has 1 amide bonds. The molecular formula is C15H21N3O2. The van der Waals surface area contributed by atoms with Crippen molar-refractivity contribution in [2.45, 2.75) is 25.8 Å². The van der Waals surface area contributed by atoms with Gasteiger partial charge in [-0.3, -0.25) is 9.78 Å². The monoisotopic (exact) mass is 275 g/mol. The molecule has 2 N–H and O–H groups in total. The third-order valence-electron chi connectivity index (χ3n) is 4.40. The van der Waals surface area contributed by atoms with Crippen LogP contribution in [0.15, 0.2) is 12.4 Å². The molecule has 1 fully saturated rings. The molecule has 5 heteroatoms. The molecule has 1 aromatic rings. The summed E-state index contributed by atoms with van der Waals surface area (Å²) in [5.74, 6) is 0.457. The fourth-order valence-corrected chi connectivity index (χ4v) is 3.09. The minimum atomic E-state index is 0.104. The molecule has 0 atom stereocenters. The lowest BCUT2D eigenvalue weighted by Gasteiger charge is -2.32. The second-order valence-corrected chi connectivity index (χ2v) is 5.67. The van der Waals surface area contributed by atoms with Crippen LogP contribution in [0, 0.1) is 5.92 Å². The number of aromatic nitrogens is 1. The third kappa shape index (κ3) is 2.55. The van der Waals surface area contributed by atoms with Crippen LogP contribution in [0.5, 0.6) is 0 Å². The van der Waals surface area contributed by atoms with Gasteiger partial charge in [0.15, 0.2) is 0 Å². The second-order valence-electron chi connectivity index (χ2n) is 5.67.